The summed E-state index contributed by atoms with van der Waals surface area (Å²) < 4.78 is 5.44. The summed E-state index contributed by atoms with van der Waals surface area (Å²) in [6, 6.07) is 0. The van der Waals surface area contributed by atoms with E-state index in [0.717, 1.165) is 11.5 Å². The van der Waals surface area contributed by atoms with E-state index in [-0.39, 0.29) is 12.0 Å². The molecular weight excluding hydrogens is 222 g/mol. The number of aryl methyl sites for hydroxylation is 2. The van der Waals surface area contributed by atoms with Gasteiger partial charge in [-0.1, -0.05) is 0 Å². The average molecular weight is 239 g/mol. The molecule has 0 spiro atoms. The Morgan fingerprint density at radius 3 is 2.71 bits per heavy atom. The number of nitrogens with one attached hydrogen (secondary N) is 2. The maximum absolute atomic E-state index is 10.8. The fraction of sp³-hybridized carbons (Fsp3) is 0.636. The van der Waals surface area contributed by atoms with Crippen LogP contribution in [0.1, 0.15) is 23.8 Å². The predicted octanol–water partition coefficient (Wildman–Crippen LogP) is 0.198. The van der Waals surface area contributed by atoms with Crippen molar-refractivity contribution < 1.29 is 14.3 Å². The molecule has 1 aromatic rings. The standard InChI is InChI=1S/C11H17N3O3/c1-7-8(2)17-9(14-7)4-13-11(3-10(15)16)5-12-6-11/h12-13H,3-6H2,1-2H3,(H,15,16). The van der Waals surface area contributed by atoms with Crippen molar-refractivity contribution in [1.29, 1.82) is 0 Å². The van der Waals surface area contributed by atoms with Gasteiger partial charge in [0, 0.05) is 13.1 Å². The molecule has 3 N–H and O–H groups in total. The van der Waals surface area contributed by atoms with Gasteiger partial charge in [-0.25, -0.2) is 4.98 Å². The maximum Gasteiger partial charge on any atom is 0.305 e. The van der Waals surface area contributed by atoms with Crippen molar-refractivity contribution in [3.63, 3.8) is 0 Å². The van der Waals surface area contributed by atoms with Gasteiger partial charge in [-0.3, -0.25) is 10.1 Å². The second-order valence-electron chi connectivity index (χ2n) is 4.56. The van der Waals surface area contributed by atoms with Crippen LogP contribution < -0.4 is 10.6 Å². The Balaban J connectivity index is 1.94. The molecular formula is C11H17N3O3. The van der Waals surface area contributed by atoms with E-state index in [2.05, 4.69) is 15.6 Å². The van der Waals surface area contributed by atoms with Gasteiger partial charge in [0.1, 0.15) is 5.76 Å². The summed E-state index contributed by atoms with van der Waals surface area (Å²) in [5.41, 5.74) is 0.517. The first-order chi connectivity index (χ1) is 8.01. The number of hydrogen-bond donors (Lipinski definition) is 3. The summed E-state index contributed by atoms with van der Waals surface area (Å²) in [6.45, 7) is 5.55. The van der Waals surface area contributed by atoms with Gasteiger partial charge in [-0.2, -0.15) is 0 Å². The number of oxazole rings is 1. The largest absolute Gasteiger partial charge is 0.481 e. The summed E-state index contributed by atoms with van der Waals surface area (Å²) in [5.74, 6) is 0.622. The van der Waals surface area contributed by atoms with Crippen LogP contribution >= 0.6 is 0 Å². The lowest BCUT2D eigenvalue weighted by atomic mass is 9.88. The van der Waals surface area contributed by atoms with Gasteiger partial charge in [0.15, 0.2) is 0 Å². The molecule has 0 aromatic carbocycles. The molecule has 17 heavy (non-hydrogen) atoms. The maximum atomic E-state index is 10.8. The highest BCUT2D eigenvalue weighted by Gasteiger charge is 2.38. The van der Waals surface area contributed by atoms with E-state index in [1.807, 2.05) is 13.8 Å². The van der Waals surface area contributed by atoms with Crippen LogP contribution in [0.3, 0.4) is 0 Å². The van der Waals surface area contributed by atoms with Crippen LogP contribution in [0.5, 0.6) is 0 Å². The molecule has 0 amide bonds. The SMILES string of the molecule is Cc1nc(CNC2(CC(=O)O)CNC2)oc1C. The van der Waals surface area contributed by atoms with Gasteiger partial charge >= 0.3 is 5.97 Å². The fourth-order valence-corrected chi connectivity index (χ4v) is 1.91. The zero-order chi connectivity index (χ0) is 12.5. The van der Waals surface area contributed by atoms with Gasteiger partial charge in [0.2, 0.25) is 5.89 Å². The number of rotatable bonds is 5. The first kappa shape index (κ1) is 12.1. The van der Waals surface area contributed by atoms with Crippen LogP contribution in [0.4, 0.5) is 0 Å². The van der Waals surface area contributed by atoms with Gasteiger partial charge in [-0.05, 0) is 13.8 Å². The van der Waals surface area contributed by atoms with Gasteiger partial charge < -0.3 is 14.8 Å². The highest BCUT2D eigenvalue weighted by atomic mass is 16.4. The zero-order valence-corrected chi connectivity index (χ0v) is 10.0. The molecule has 1 aliphatic rings. The molecule has 1 aromatic heterocycles. The molecule has 0 aliphatic carbocycles. The van der Waals surface area contributed by atoms with Gasteiger partial charge in [0.25, 0.3) is 0 Å². The van der Waals surface area contributed by atoms with Crippen LogP contribution in [0.25, 0.3) is 0 Å². The van der Waals surface area contributed by atoms with Crippen LogP contribution in [0.2, 0.25) is 0 Å². The van der Waals surface area contributed by atoms with Crippen LogP contribution in [0, 0.1) is 13.8 Å². The Hall–Kier alpha value is -1.40. The van der Waals surface area contributed by atoms with Crippen LogP contribution in [0.15, 0.2) is 4.42 Å². The van der Waals surface area contributed by atoms with Gasteiger partial charge in [0.05, 0.1) is 24.2 Å². The number of carboxylic acid groups (broad SMARTS) is 1. The molecule has 94 valence electrons. The minimum absolute atomic E-state index is 0.110. The second-order valence-corrected chi connectivity index (χ2v) is 4.56. The molecule has 2 heterocycles. The summed E-state index contributed by atoms with van der Waals surface area (Å²) in [6.07, 6.45) is 0.110. The Labute approximate surface area is 99.4 Å². The van der Waals surface area contributed by atoms with E-state index in [9.17, 15) is 4.79 Å². The third kappa shape index (κ3) is 2.65. The molecule has 0 saturated carbocycles. The molecule has 1 saturated heterocycles. The first-order valence-corrected chi connectivity index (χ1v) is 5.61. The highest BCUT2D eigenvalue weighted by molar-refractivity contribution is 5.68. The number of hydrogen-bond acceptors (Lipinski definition) is 5. The lowest BCUT2D eigenvalue weighted by molar-refractivity contribution is -0.139. The molecule has 0 radical (unpaired) electrons. The lowest BCUT2D eigenvalue weighted by Crippen LogP contribution is -2.68. The number of nitrogens with zero attached hydrogens (tertiary/aromatic N) is 1. The van der Waals surface area contributed by atoms with Crippen molar-refractivity contribution in [1.82, 2.24) is 15.6 Å². The van der Waals surface area contributed by atoms with E-state index in [1.54, 1.807) is 0 Å². The number of aliphatic carboxylic acids is 1. The Bertz CT molecular complexity index is 404. The van der Waals surface area contributed by atoms with E-state index < -0.39 is 5.97 Å². The third-order valence-corrected chi connectivity index (χ3v) is 3.10. The molecule has 6 nitrogen and oxygen atoms in total. The minimum atomic E-state index is -0.793. The monoisotopic (exact) mass is 239 g/mol. The smallest absolute Gasteiger partial charge is 0.305 e. The summed E-state index contributed by atoms with van der Waals surface area (Å²) in [4.78, 5) is 15.0. The van der Waals surface area contributed by atoms with Crippen molar-refractivity contribution in [2.24, 2.45) is 0 Å². The van der Waals surface area contributed by atoms with Crippen molar-refractivity contribution in [2.75, 3.05) is 13.1 Å². The Kier molecular flexibility index (Phi) is 3.17. The highest BCUT2D eigenvalue weighted by Crippen LogP contribution is 2.17. The lowest BCUT2D eigenvalue weighted by Gasteiger charge is -2.42. The molecule has 2 rings (SSSR count). The van der Waals surface area contributed by atoms with Gasteiger partial charge in [-0.15, -0.1) is 0 Å². The molecule has 0 unspecified atom stereocenters. The van der Waals surface area contributed by atoms with Crippen molar-refractivity contribution in [2.45, 2.75) is 32.4 Å². The van der Waals surface area contributed by atoms with E-state index in [0.29, 0.717) is 25.5 Å². The molecule has 1 aliphatic heterocycles. The first-order valence-electron chi connectivity index (χ1n) is 5.61. The van der Waals surface area contributed by atoms with Crippen LogP contribution in [-0.4, -0.2) is 34.7 Å². The number of aromatic nitrogens is 1. The van der Waals surface area contributed by atoms with Crippen LogP contribution in [-0.2, 0) is 11.3 Å². The molecule has 1 fully saturated rings. The van der Waals surface area contributed by atoms with E-state index in [4.69, 9.17) is 9.52 Å². The minimum Gasteiger partial charge on any atom is -0.481 e. The third-order valence-electron chi connectivity index (χ3n) is 3.10. The average Bonchev–Trinajstić information content (AvgIpc) is 2.50. The summed E-state index contributed by atoms with van der Waals surface area (Å²) in [7, 11) is 0. The molecule has 0 bridgehead atoms. The quantitative estimate of drug-likeness (QED) is 0.680. The second kappa shape index (κ2) is 4.46. The van der Waals surface area contributed by atoms with Crippen molar-refractivity contribution >= 4 is 5.97 Å². The van der Waals surface area contributed by atoms with E-state index >= 15 is 0 Å². The zero-order valence-electron chi connectivity index (χ0n) is 10.0. The number of carboxylic acids is 1. The summed E-state index contributed by atoms with van der Waals surface area (Å²) >= 11 is 0. The van der Waals surface area contributed by atoms with Crippen molar-refractivity contribution in [3.8, 4) is 0 Å². The topological polar surface area (TPSA) is 87.4 Å². The van der Waals surface area contributed by atoms with E-state index in [1.165, 1.54) is 0 Å². The Morgan fingerprint density at radius 1 is 1.59 bits per heavy atom. The molecule has 6 heteroatoms. The summed E-state index contributed by atoms with van der Waals surface area (Å²) in [5, 5.41) is 15.2. The molecule has 0 atom stereocenters. The predicted molar refractivity (Wildman–Crippen MR) is 60.7 cm³/mol. The fourth-order valence-electron chi connectivity index (χ4n) is 1.91. The van der Waals surface area contributed by atoms with Crippen molar-refractivity contribution in [3.05, 3.63) is 17.3 Å². The Morgan fingerprint density at radius 2 is 2.29 bits per heavy atom. The number of carbonyl (C=O) groups is 1. The normalized spacial score (nSPS) is 17.8.